The van der Waals surface area contributed by atoms with Crippen LogP contribution in [0.4, 0.5) is 5.69 Å². The summed E-state index contributed by atoms with van der Waals surface area (Å²) in [6, 6.07) is 10.5. The Bertz CT molecular complexity index is 989. The van der Waals surface area contributed by atoms with E-state index in [-0.39, 0.29) is 23.4 Å². The van der Waals surface area contributed by atoms with Gasteiger partial charge in [-0.25, -0.2) is 4.90 Å². The summed E-state index contributed by atoms with van der Waals surface area (Å²) in [5, 5.41) is 7.53. The van der Waals surface area contributed by atoms with Gasteiger partial charge in [0.1, 0.15) is 11.0 Å². The van der Waals surface area contributed by atoms with Gasteiger partial charge in [0.05, 0.1) is 27.2 Å². The number of amides is 2. The molecule has 3 rings (SSSR count). The highest BCUT2D eigenvalue weighted by atomic mass is 35.5. The fourth-order valence-electron chi connectivity index (χ4n) is 2.70. The largest absolute Gasteiger partial charge is 0.494 e. The first-order valence-corrected chi connectivity index (χ1v) is 10.9. The molecule has 1 atom stereocenters. The minimum Gasteiger partial charge on any atom is -0.494 e. The van der Waals surface area contributed by atoms with Gasteiger partial charge < -0.3 is 10.5 Å². The Hall–Kier alpha value is -2.36. The lowest BCUT2D eigenvalue weighted by molar-refractivity contribution is -0.121. The molecule has 0 aliphatic carbocycles. The van der Waals surface area contributed by atoms with Gasteiger partial charge in [0.25, 0.3) is 0 Å². The fourth-order valence-corrected chi connectivity index (χ4v) is 4.49. The van der Waals surface area contributed by atoms with E-state index in [9.17, 15) is 9.59 Å². The van der Waals surface area contributed by atoms with Gasteiger partial charge in [-0.15, -0.1) is 16.4 Å². The molecule has 0 saturated carbocycles. The van der Waals surface area contributed by atoms with E-state index in [0.717, 1.165) is 21.5 Å². The van der Waals surface area contributed by atoms with Crippen molar-refractivity contribution in [3.63, 3.8) is 0 Å². The first-order chi connectivity index (χ1) is 13.9. The number of ether oxygens (including phenoxy) is 1. The van der Waals surface area contributed by atoms with Crippen LogP contribution in [-0.4, -0.2) is 34.6 Å². The molecule has 7 nitrogen and oxygen atoms in total. The van der Waals surface area contributed by atoms with Crippen LogP contribution in [0.15, 0.2) is 46.6 Å². The number of thiophene rings is 1. The normalized spacial score (nSPS) is 17.9. The maximum Gasteiger partial charge on any atom is 0.247 e. The van der Waals surface area contributed by atoms with E-state index in [1.807, 2.05) is 13.0 Å². The van der Waals surface area contributed by atoms with Crippen molar-refractivity contribution in [1.29, 1.82) is 0 Å². The van der Waals surface area contributed by atoms with Gasteiger partial charge in [-0.2, -0.15) is 5.10 Å². The Morgan fingerprint density at radius 3 is 2.83 bits per heavy atom. The maximum atomic E-state index is 12.8. The standard InChI is InChI=1S/C19H19ClN4O3S2/c1-3-27-13-6-4-5-12(9-13)24-17(25)10-15(18(24)26)29-19(21)23-22-11(2)14-7-8-16(20)28-14/h4-9,15H,3,10H2,1-2H3,(H2,21,23)/b22-11+. The summed E-state index contributed by atoms with van der Waals surface area (Å²) in [6.07, 6.45) is 0.0435. The van der Waals surface area contributed by atoms with E-state index in [4.69, 9.17) is 22.1 Å². The molecule has 1 aromatic heterocycles. The fraction of sp³-hybridized carbons (Fsp3) is 0.263. The quantitative estimate of drug-likeness (QED) is 0.311. The van der Waals surface area contributed by atoms with Gasteiger partial charge in [-0.05, 0) is 38.1 Å². The zero-order chi connectivity index (χ0) is 21.0. The second-order valence-corrected chi connectivity index (χ2v) is 8.97. The third-order valence-corrected chi connectivity index (χ3v) is 6.30. The number of amidine groups is 1. The Labute approximate surface area is 181 Å². The summed E-state index contributed by atoms with van der Waals surface area (Å²) in [5.74, 6) is -0.0272. The molecule has 10 heteroatoms. The highest BCUT2D eigenvalue weighted by Gasteiger charge is 2.40. The predicted molar refractivity (Wildman–Crippen MR) is 119 cm³/mol. The Morgan fingerprint density at radius 1 is 1.34 bits per heavy atom. The van der Waals surface area contributed by atoms with Crippen molar-refractivity contribution in [2.45, 2.75) is 25.5 Å². The van der Waals surface area contributed by atoms with Crippen LogP contribution in [0.25, 0.3) is 0 Å². The summed E-state index contributed by atoms with van der Waals surface area (Å²) in [6.45, 7) is 4.15. The second-order valence-electron chi connectivity index (χ2n) is 6.04. The summed E-state index contributed by atoms with van der Waals surface area (Å²) in [7, 11) is 0. The number of carbonyl (C=O) groups excluding carboxylic acids is 2. The first kappa shape index (κ1) is 21.4. The number of thioether (sulfide) groups is 1. The van der Waals surface area contributed by atoms with E-state index >= 15 is 0 Å². The van der Waals surface area contributed by atoms with E-state index in [1.165, 1.54) is 11.3 Å². The van der Waals surface area contributed by atoms with Gasteiger partial charge in [0.15, 0.2) is 5.17 Å². The molecule has 1 aliphatic rings. The number of imide groups is 1. The van der Waals surface area contributed by atoms with Gasteiger partial charge in [0.2, 0.25) is 11.8 Å². The Morgan fingerprint density at radius 2 is 2.14 bits per heavy atom. The van der Waals surface area contributed by atoms with Crippen LogP contribution in [0.1, 0.15) is 25.1 Å². The second kappa shape index (κ2) is 9.43. The highest BCUT2D eigenvalue weighted by Crippen LogP contribution is 2.31. The molecule has 0 bridgehead atoms. The minimum absolute atomic E-state index is 0.0435. The predicted octanol–water partition coefficient (Wildman–Crippen LogP) is 3.90. The van der Waals surface area contributed by atoms with Crippen molar-refractivity contribution in [3.8, 4) is 5.75 Å². The van der Waals surface area contributed by atoms with Gasteiger partial charge >= 0.3 is 0 Å². The average molecular weight is 451 g/mol. The van der Waals surface area contributed by atoms with Gasteiger partial charge in [0, 0.05) is 12.5 Å². The molecule has 0 radical (unpaired) electrons. The molecule has 152 valence electrons. The number of nitrogens with zero attached hydrogens (tertiary/aromatic N) is 3. The lowest BCUT2D eigenvalue weighted by Gasteiger charge is -2.15. The molecule has 1 aliphatic heterocycles. The van der Waals surface area contributed by atoms with Crippen LogP contribution in [0.2, 0.25) is 4.34 Å². The number of rotatable bonds is 6. The number of benzene rings is 1. The topological polar surface area (TPSA) is 97.3 Å². The van der Waals surface area contributed by atoms with Gasteiger partial charge in [-0.3, -0.25) is 9.59 Å². The Balaban J connectivity index is 1.70. The molecular weight excluding hydrogens is 432 g/mol. The minimum atomic E-state index is -0.645. The van der Waals surface area contributed by atoms with E-state index < -0.39 is 5.25 Å². The number of hydrogen-bond donors (Lipinski definition) is 1. The van der Waals surface area contributed by atoms with Gasteiger partial charge in [-0.1, -0.05) is 29.4 Å². The molecule has 1 unspecified atom stereocenters. The van der Waals surface area contributed by atoms with Crippen LogP contribution in [0, 0.1) is 0 Å². The van der Waals surface area contributed by atoms with Crippen molar-refractivity contribution in [2.75, 3.05) is 11.5 Å². The van der Waals surface area contributed by atoms with Crippen molar-refractivity contribution in [3.05, 3.63) is 45.6 Å². The van der Waals surface area contributed by atoms with Crippen molar-refractivity contribution in [1.82, 2.24) is 0 Å². The molecule has 29 heavy (non-hydrogen) atoms. The molecule has 2 heterocycles. The lowest BCUT2D eigenvalue weighted by Crippen LogP contribution is -2.31. The number of nitrogens with two attached hydrogens (primary N) is 1. The Kier molecular flexibility index (Phi) is 6.94. The number of anilines is 1. The van der Waals surface area contributed by atoms with Crippen LogP contribution >= 0.6 is 34.7 Å². The first-order valence-electron chi connectivity index (χ1n) is 8.78. The van der Waals surface area contributed by atoms with Crippen LogP contribution < -0.4 is 15.4 Å². The van der Waals surface area contributed by atoms with E-state index in [1.54, 1.807) is 37.3 Å². The third kappa shape index (κ3) is 5.17. The van der Waals surface area contributed by atoms with Crippen molar-refractivity contribution in [2.24, 2.45) is 15.9 Å². The average Bonchev–Trinajstić information content (AvgIpc) is 3.23. The molecule has 0 spiro atoms. The molecule has 1 aromatic carbocycles. The zero-order valence-electron chi connectivity index (χ0n) is 15.8. The van der Waals surface area contributed by atoms with Crippen molar-refractivity contribution < 1.29 is 14.3 Å². The smallest absolute Gasteiger partial charge is 0.247 e. The lowest BCUT2D eigenvalue weighted by atomic mass is 10.3. The van der Waals surface area contributed by atoms with E-state index in [2.05, 4.69) is 10.2 Å². The summed E-state index contributed by atoms with van der Waals surface area (Å²) in [4.78, 5) is 27.2. The SMILES string of the molecule is CCOc1cccc(N2C(=O)CC(S/C(N)=N/N=C(\C)c3ccc(Cl)s3)C2=O)c1. The molecule has 2 amide bonds. The summed E-state index contributed by atoms with van der Waals surface area (Å²) in [5.41, 5.74) is 7.06. The number of carbonyl (C=O) groups is 2. The summed E-state index contributed by atoms with van der Waals surface area (Å²) < 4.78 is 6.10. The molecule has 1 fully saturated rings. The summed E-state index contributed by atoms with van der Waals surface area (Å²) >= 11 is 8.33. The zero-order valence-corrected chi connectivity index (χ0v) is 18.2. The van der Waals surface area contributed by atoms with Crippen LogP contribution in [0.5, 0.6) is 5.75 Å². The number of hydrogen-bond acceptors (Lipinski definition) is 7. The maximum absolute atomic E-state index is 12.8. The van der Waals surface area contributed by atoms with Crippen molar-refractivity contribution >= 4 is 63.1 Å². The molecule has 2 N–H and O–H groups in total. The molecule has 2 aromatic rings. The highest BCUT2D eigenvalue weighted by molar-refractivity contribution is 8.14. The monoisotopic (exact) mass is 450 g/mol. The van der Waals surface area contributed by atoms with E-state index in [0.29, 0.717) is 28.1 Å². The van der Waals surface area contributed by atoms with Crippen LogP contribution in [-0.2, 0) is 9.59 Å². The molecular formula is C19H19ClN4O3S2. The third-order valence-electron chi connectivity index (χ3n) is 3.98. The van der Waals surface area contributed by atoms with Crippen LogP contribution in [0.3, 0.4) is 0 Å². The number of halogens is 1. The molecule has 1 saturated heterocycles.